The molecule has 0 aliphatic heterocycles. The molecule has 7 nitrogen and oxygen atoms in total. The van der Waals surface area contributed by atoms with Crippen LogP contribution in [0.4, 0.5) is 0 Å². The molecule has 1 aromatic carbocycles. The number of esters is 1. The van der Waals surface area contributed by atoms with E-state index < -0.39 is 40.0 Å². The summed E-state index contributed by atoms with van der Waals surface area (Å²) in [6.07, 6.45) is -0.321. The van der Waals surface area contributed by atoms with Gasteiger partial charge in [-0.3, -0.25) is 9.59 Å². The van der Waals surface area contributed by atoms with E-state index in [0.29, 0.717) is 6.54 Å². The lowest BCUT2D eigenvalue weighted by Gasteiger charge is -2.23. The van der Waals surface area contributed by atoms with Gasteiger partial charge in [-0.25, -0.2) is 8.42 Å². The Morgan fingerprint density at radius 2 is 1.70 bits per heavy atom. The van der Waals surface area contributed by atoms with Gasteiger partial charge in [0.1, 0.15) is 10.9 Å². The van der Waals surface area contributed by atoms with E-state index >= 15 is 0 Å². The molecule has 0 aromatic heterocycles. The van der Waals surface area contributed by atoms with Crippen molar-refractivity contribution in [3.63, 3.8) is 0 Å². The maximum atomic E-state index is 12.7. The molecule has 1 aromatic rings. The number of amides is 1. The van der Waals surface area contributed by atoms with Gasteiger partial charge >= 0.3 is 5.97 Å². The fourth-order valence-corrected chi connectivity index (χ4v) is 4.59. The van der Waals surface area contributed by atoms with Crippen molar-refractivity contribution in [1.29, 1.82) is 0 Å². The molecule has 0 bridgehead atoms. The molecule has 27 heavy (non-hydrogen) atoms. The highest BCUT2D eigenvalue weighted by Crippen LogP contribution is 2.29. The maximum Gasteiger partial charge on any atom is 0.325 e. The van der Waals surface area contributed by atoms with E-state index in [1.54, 1.807) is 13.8 Å². The Kier molecular flexibility index (Phi) is 9.01. The minimum atomic E-state index is -4.20. The second-order valence-electron chi connectivity index (χ2n) is 6.26. The first kappa shape index (κ1) is 23.7. The van der Waals surface area contributed by atoms with Crippen molar-refractivity contribution in [1.82, 2.24) is 10.0 Å². The third kappa shape index (κ3) is 6.64. The van der Waals surface area contributed by atoms with Crippen LogP contribution in [0, 0.1) is 5.92 Å². The third-order valence-corrected chi connectivity index (χ3v) is 6.00. The van der Waals surface area contributed by atoms with Crippen molar-refractivity contribution < 1.29 is 22.7 Å². The molecule has 1 rings (SSSR count). The minimum Gasteiger partial charge on any atom is -0.451 e. The molecule has 0 aliphatic carbocycles. The number of carbonyl (C=O) groups excluding carboxylic acids is 2. The quantitative estimate of drug-likeness (QED) is 0.577. The molecule has 2 N–H and O–H groups in total. The summed E-state index contributed by atoms with van der Waals surface area (Å²) in [6.45, 7) is 7.04. The normalized spacial score (nSPS) is 13.9. The summed E-state index contributed by atoms with van der Waals surface area (Å²) >= 11 is 11.9. The van der Waals surface area contributed by atoms with Gasteiger partial charge in [0, 0.05) is 6.54 Å². The van der Waals surface area contributed by atoms with Gasteiger partial charge in [0.2, 0.25) is 10.0 Å². The molecule has 0 saturated heterocycles. The fraction of sp³-hybridized carbons (Fsp3) is 0.529. The Labute approximate surface area is 169 Å². The molecule has 1 amide bonds. The van der Waals surface area contributed by atoms with Gasteiger partial charge < -0.3 is 10.1 Å². The molecule has 0 spiro atoms. The number of halogens is 2. The molecule has 0 aliphatic rings. The first-order chi connectivity index (χ1) is 12.5. The van der Waals surface area contributed by atoms with Crippen LogP contribution in [-0.4, -0.2) is 39.0 Å². The molecule has 10 heteroatoms. The summed E-state index contributed by atoms with van der Waals surface area (Å²) in [7, 11) is -4.20. The van der Waals surface area contributed by atoms with E-state index in [1.165, 1.54) is 25.1 Å². The van der Waals surface area contributed by atoms with E-state index in [2.05, 4.69) is 10.0 Å². The predicted octanol–water partition coefficient (Wildman–Crippen LogP) is 2.75. The molecule has 0 radical (unpaired) electrons. The average molecular weight is 439 g/mol. The Morgan fingerprint density at radius 3 is 2.19 bits per heavy atom. The molecular formula is C17H24Cl2N2O5S. The predicted molar refractivity (Wildman–Crippen MR) is 104 cm³/mol. The highest BCUT2D eigenvalue weighted by Gasteiger charge is 2.33. The van der Waals surface area contributed by atoms with Gasteiger partial charge in [-0.15, -0.1) is 0 Å². The van der Waals surface area contributed by atoms with Crippen LogP contribution in [0.25, 0.3) is 0 Å². The van der Waals surface area contributed by atoms with Crippen LogP contribution in [0.2, 0.25) is 10.0 Å². The average Bonchev–Trinajstić information content (AvgIpc) is 2.56. The van der Waals surface area contributed by atoms with Crippen LogP contribution >= 0.6 is 23.2 Å². The van der Waals surface area contributed by atoms with Crippen molar-refractivity contribution in [2.24, 2.45) is 5.92 Å². The number of hydrogen-bond acceptors (Lipinski definition) is 5. The van der Waals surface area contributed by atoms with Crippen LogP contribution < -0.4 is 10.0 Å². The molecule has 0 saturated carbocycles. The van der Waals surface area contributed by atoms with Crippen molar-refractivity contribution in [2.75, 3.05) is 6.54 Å². The molecule has 0 heterocycles. The smallest absolute Gasteiger partial charge is 0.325 e. The second kappa shape index (κ2) is 10.3. The second-order valence-corrected chi connectivity index (χ2v) is 8.73. The van der Waals surface area contributed by atoms with E-state index in [-0.39, 0.29) is 14.9 Å². The summed E-state index contributed by atoms with van der Waals surface area (Å²) in [5.74, 6) is -1.76. The summed E-state index contributed by atoms with van der Waals surface area (Å²) in [5.41, 5.74) is 0. The number of rotatable bonds is 9. The third-order valence-electron chi connectivity index (χ3n) is 3.60. The number of ether oxygens (including phenoxy) is 1. The van der Waals surface area contributed by atoms with Crippen LogP contribution in [0.3, 0.4) is 0 Å². The largest absolute Gasteiger partial charge is 0.451 e. The maximum absolute atomic E-state index is 12.7. The zero-order valence-electron chi connectivity index (χ0n) is 15.6. The van der Waals surface area contributed by atoms with Crippen LogP contribution in [0.5, 0.6) is 0 Å². The van der Waals surface area contributed by atoms with Crippen molar-refractivity contribution >= 4 is 45.1 Å². The van der Waals surface area contributed by atoms with Crippen molar-refractivity contribution in [3.05, 3.63) is 28.2 Å². The number of sulfonamides is 1. The summed E-state index contributed by atoms with van der Waals surface area (Å²) in [4.78, 5) is 24.0. The Hall–Kier alpha value is -1.35. The fourth-order valence-electron chi connectivity index (χ4n) is 2.11. The standard InChI is InChI=1S/C17H24Cl2N2O5S/c1-5-9-20-16(22)11(4)26-17(23)14(10(2)3)21-27(24,25)15-12(18)7-6-8-13(15)19/h6-8,10-11,14,21H,5,9H2,1-4H3,(H,20,22). The zero-order chi connectivity index (χ0) is 20.8. The Bertz CT molecular complexity index is 763. The van der Waals surface area contributed by atoms with E-state index in [4.69, 9.17) is 27.9 Å². The van der Waals surface area contributed by atoms with Gasteiger partial charge in [-0.05, 0) is 31.4 Å². The Balaban J connectivity index is 2.99. The van der Waals surface area contributed by atoms with Crippen LogP contribution in [-0.2, 0) is 24.3 Å². The topological polar surface area (TPSA) is 102 Å². The van der Waals surface area contributed by atoms with E-state index in [1.807, 2.05) is 6.92 Å². The molecular weight excluding hydrogens is 415 g/mol. The monoisotopic (exact) mass is 438 g/mol. The van der Waals surface area contributed by atoms with Gasteiger partial charge in [-0.1, -0.05) is 50.0 Å². The van der Waals surface area contributed by atoms with Crippen molar-refractivity contribution in [2.45, 2.75) is 51.2 Å². The molecule has 152 valence electrons. The van der Waals surface area contributed by atoms with Crippen LogP contribution in [0.15, 0.2) is 23.1 Å². The van der Waals surface area contributed by atoms with Gasteiger partial charge in [0.15, 0.2) is 6.10 Å². The zero-order valence-corrected chi connectivity index (χ0v) is 17.9. The lowest BCUT2D eigenvalue weighted by molar-refractivity contribution is -0.157. The molecule has 2 atom stereocenters. The summed E-state index contributed by atoms with van der Waals surface area (Å²) < 4.78 is 32.8. The Morgan fingerprint density at radius 1 is 1.15 bits per heavy atom. The summed E-state index contributed by atoms with van der Waals surface area (Å²) in [5, 5.41) is 2.46. The number of benzene rings is 1. The first-order valence-corrected chi connectivity index (χ1v) is 10.7. The van der Waals surface area contributed by atoms with Crippen LogP contribution in [0.1, 0.15) is 34.1 Å². The summed E-state index contributed by atoms with van der Waals surface area (Å²) in [6, 6.07) is 3.05. The van der Waals surface area contributed by atoms with Gasteiger partial charge in [-0.2, -0.15) is 4.72 Å². The SMILES string of the molecule is CCCNC(=O)C(C)OC(=O)C(NS(=O)(=O)c1c(Cl)cccc1Cl)C(C)C. The van der Waals surface area contributed by atoms with Crippen molar-refractivity contribution in [3.8, 4) is 0 Å². The molecule has 2 unspecified atom stereocenters. The lowest BCUT2D eigenvalue weighted by atomic mass is 10.1. The first-order valence-electron chi connectivity index (χ1n) is 8.45. The lowest BCUT2D eigenvalue weighted by Crippen LogP contribution is -2.47. The number of hydrogen-bond donors (Lipinski definition) is 2. The van der Waals surface area contributed by atoms with E-state index in [0.717, 1.165) is 6.42 Å². The van der Waals surface area contributed by atoms with E-state index in [9.17, 15) is 18.0 Å². The number of carbonyl (C=O) groups is 2. The minimum absolute atomic E-state index is 0.0711. The molecule has 0 fully saturated rings. The highest BCUT2D eigenvalue weighted by molar-refractivity contribution is 7.89. The number of nitrogens with one attached hydrogen (secondary N) is 2. The van der Waals surface area contributed by atoms with Gasteiger partial charge in [0.25, 0.3) is 5.91 Å². The van der Waals surface area contributed by atoms with Gasteiger partial charge in [0.05, 0.1) is 10.0 Å². The highest BCUT2D eigenvalue weighted by atomic mass is 35.5.